The fourth-order valence-corrected chi connectivity index (χ4v) is 4.07. The van der Waals surface area contributed by atoms with Crippen LogP contribution < -0.4 is 10.6 Å². The molecule has 2 fully saturated rings. The molecule has 2 aliphatic rings. The van der Waals surface area contributed by atoms with E-state index in [2.05, 4.69) is 20.0 Å². The first-order valence-corrected chi connectivity index (χ1v) is 9.85. The molecule has 0 amide bonds. The van der Waals surface area contributed by atoms with Gasteiger partial charge in [0.15, 0.2) is 5.65 Å². The Kier molecular flexibility index (Phi) is 4.46. The number of anilines is 2. The lowest BCUT2D eigenvalue weighted by molar-refractivity contribution is -0.144. The molecule has 2 N–H and O–H groups in total. The molecule has 5 rings (SSSR count). The molecule has 156 valence electrons. The average Bonchev–Trinajstić information content (AvgIpc) is 3.34. The number of aromatic nitrogens is 6. The summed E-state index contributed by atoms with van der Waals surface area (Å²) in [7, 11) is 1.35. The van der Waals surface area contributed by atoms with Gasteiger partial charge in [-0.1, -0.05) is 0 Å². The number of nitrogens with two attached hydrogens (primary N) is 1. The number of carbonyl (C=O) groups excluding carboxylic acids is 1. The maximum absolute atomic E-state index is 12.1. The number of morpholine rings is 1. The van der Waals surface area contributed by atoms with Crippen LogP contribution in [0.5, 0.6) is 0 Å². The van der Waals surface area contributed by atoms with Gasteiger partial charge in [-0.2, -0.15) is 10.1 Å². The number of nitrogen functional groups attached to an aromatic ring is 1. The third-order valence-electron chi connectivity index (χ3n) is 5.62. The van der Waals surface area contributed by atoms with Crippen LogP contribution in [0.1, 0.15) is 25.8 Å². The van der Waals surface area contributed by atoms with E-state index in [0.717, 1.165) is 25.9 Å². The maximum atomic E-state index is 12.1. The molecule has 11 nitrogen and oxygen atoms in total. The molecule has 0 radical (unpaired) electrons. The van der Waals surface area contributed by atoms with E-state index in [1.807, 2.05) is 0 Å². The lowest BCUT2D eigenvalue weighted by Gasteiger charge is -2.32. The molecule has 2 saturated heterocycles. The monoisotopic (exact) mass is 410 g/mol. The molecular formula is C19H22N8O3. The van der Waals surface area contributed by atoms with Crippen molar-refractivity contribution in [2.24, 2.45) is 0 Å². The Bertz CT molecular complexity index is 1090. The number of fused-ring (bicyclic) bond motifs is 3. The number of rotatable bonds is 4. The van der Waals surface area contributed by atoms with Crippen LogP contribution in [0.2, 0.25) is 0 Å². The van der Waals surface area contributed by atoms with Crippen LogP contribution in [-0.4, -0.2) is 68.1 Å². The molecule has 5 heterocycles. The van der Waals surface area contributed by atoms with Gasteiger partial charge in [0, 0.05) is 31.0 Å². The fraction of sp³-hybridized carbons (Fsp3) is 0.474. The summed E-state index contributed by atoms with van der Waals surface area (Å²) in [5, 5.41) is 5.09. The Morgan fingerprint density at radius 3 is 2.57 bits per heavy atom. The van der Waals surface area contributed by atoms with Crippen molar-refractivity contribution in [2.75, 3.05) is 30.8 Å². The lowest BCUT2D eigenvalue weighted by Crippen LogP contribution is -2.43. The third-order valence-corrected chi connectivity index (χ3v) is 5.62. The molecule has 0 spiro atoms. The van der Waals surface area contributed by atoms with Crippen LogP contribution in [0.4, 0.5) is 11.9 Å². The number of hydrogen-bond acceptors (Lipinski definition) is 10. The smallest absolute Gasteiger partial charge is 0.330 e. The van der Waals surface area contributed by atoms with Gasteiger partial charge in [-0.05, 0) is 19.8 Å². The second-order valence-corrected chi connectivity index (χ2v) is 7.59. The highest BCUT2D eigenvalue weighted by Gasteiger charge is 2.35. The van der Waals surface area contributed by atoms with E-state index in [4.69, 9.17) is 25.2 Å². The zero-order chi connectivity index (χ0) is 20.8. The van der Waals surface area contributed by atoms with Gasteiger partial charge in [0.05, 0.1) is 36.6 Å². The predicted molar refractivity (Wildman–Crippen MR) is 108 cm³/mol. The first-order chi connectivity index (χ1) is 14.5. The predicted octanol–water partition coefficient (Wildman–Crippen LogP) is 0.967. The largest absolute Gasteiger partial charge is 0.467 e. The maximum Gasteiger partial charge on any atom is 0.330 e. The van der Waals surface area contributed by atoms with Crippen LogP contribution in [0.15, 0.2) is 18.6 Å². The van der Waals surface area contributed by atoms with Crippen molar-refractivity contribution in [3.05, 3.63) is 18.6 Å². The first-order valence-electron chi connectivity index (χ1n) is 9.85. The van der Waals surface area contributed by atoms with Crippen molar-refractivity contribution < 1.29 is 14.3 Å². The minimum absolute atomic E-state index is 0.184. The summed E-state index contributed by atoms with van der Waals surface area (Å²) in [6.07, 6.45) is 7.35. The van der Waals surface area contributed by atoms with Crippen molar-refractivity contribution in [1.82, 2.24) is 29.7 Å². The van der Waals surface area contributed by atoms with Crippen molar-refractivity contribution in [2.45, 2.75) is 38.0 Å². The SMILES string of the molecule is COC(=O)C(C)n1ncc2c(-c3cnc(N)nc3)nc(N3CC4CCC(C3)O4)nc21. The molecule has 3 aromatic rings. The van der Waals surface area contributed by atoms with Gasteiger partial charge in [-0.3, -0.25) is 0 Å². The summed E-state index contributed by atoms with van der Waals surface area (Å²) in [6, 6.07) is -0.633. The Hall–Kier alpha value is -3.34. The molecule has 3 atom stereocenters. The van der Waals surface area contributed by atoms with Crippen molar-refractivity contribution >= 4 is 28.9 Å². The molecular weight excluding hydrogens is 388 g/mol. The zero-order valence-corrected chi connectivity index (χ0v) is 16.7. The first kappa shape index (κ1) is 18.7. The van der Waals surface area contributed by atoms with Crippen LogP contribution in [-0.2, 0) is 14.3 Å². The summed E-state index contributed by atoms with van der Waals surface area (Å²) < 4.78 is 12.4. The van der Waals surface area contributed by atoms with Gasteiger partial charge >= 0.3 is 5.97 Å². The van der Waals surface area contributed by atoms with E-state index in [1.54, 1.807) is 30.2 Å². The second kappa shape index (κ2) is 7.17. The minimum Gasteiger partial charge on any atom is -0.467 e. The Morgan fingerprint density at radius 2 is 1.90 bits per heavy atom. The number of ether oxygens (including phenoxy) is 2. The van der Waals surface area contributed by atoms with Crippen LogP contribution in [0.3, 0.4) is 0 Å². The van der Waals surface area contributed by atoms with Gasteiger partial charge in [0.2, 0.25) is 11.9 Å². The number of carbonyl (C=O) groups is 1. The molecule has 2 aliphatic heterocycles. The summed E-state index contributed by atoms with van der Waals surface area (Å²) in [6.45, 7) is 3.17. The summed E-state index contributed by atoms with van der Waals surface area (Å²) in [5.74, 6) is 0.347. The summed E-state index contributed by atoms with van der Waals surface area (Å²) in [4.78, 5) is 32.1. The average molecular weight is 410 g/mol. The zero-order valence-electron chi connectivity index (χ0n) is 16.7. The normalized spacial score (nSPS) is 21.7. The van der Waals surface area contributed by atoms with E-state index in [-0.39, 0.29) is 18.2 Å². The molecule has 0 aliphatic carbocycles. The van der Waals surface area contributed by atoms with Crippen molar-refractivity contribution in [1.29, 1.82) is 0 Å². The Balaban J connectivity index is 1.66. The minimum atomic E-state index is -0.633. The van der Waals surface area contributed by atoms with E-state index in [9.17, 15) is 4.79 Å². The highest BCUT2D eigenvalue weighted by atomic mass is 16.5. The molecule has 3 aromatic heterocycles. The van der Waals surface area contributed by atoms with E-state index in [1.165, 1.54) is 7.11 Å². The molecule has 0 aromatic carbocycles. The van der Waals surface area contributed by atoms with E-state index < -0.39 is 12.0 Å². The molecule has 3 unspecified atom stereocenters. The molecule has 2 bridgehead atoms. The quantitative estimate of drug-likeness (QED) is 0.620. The Labute approximate surface area is 172 Å². The van der Waals surface area contributed by atoms with Crippen LogP contribution >= 0.6 is 0 Å². The van der Waals surface area contributed by atoms with Gasteiger partial charge < -0.3 is 20.1 Å². The van der Waals surface area contributed by atoms with Crippen molar-refractivity contribution in [3.63, 3.8) is 0 Å². The summed E-state index contributed by atoms with van der Waals surface area (Å²) >= 11 is 0. The van der Waals surface area contributed by atoms with Gasteiger partial charge in [0.25, 0.3) is 0 Å². The fourth-order valence-electron chi connectivity index (χ4n) is 4.07. The summed E-state index contributed by atoms with van der Waals surface area (Å²) in [5.41, 5.74) is 7.52. The van der Waals surface area contributed by atoms with Crippen LogP contribution in [0.25, 0.3) is 22.3 Å². The lowest BCUT2D eigenvalue weighted by atomic mass is 10.2. The molecule has 0 saturated carbocycles. The topological polar surface area (TPSA) is 134 Å². The van der Waals surface area contributed by atoms with E-state index in [0.29, 0.717) is 28.2 Å². The number of methoxy groups -OCH3 is 1. The molecule has 30 heavy (non-hydrogen) atoms. The third kappa shape index (κ3) is 3.11. The number of esters is 1. The standard InChI is InChI=1S/C19H22N8O3/c1-10(17(28)29-2)27-16-14(7-23-27)15(11-5-21-18(20)22-6-11)24-19(25-16)26-8-12-3-4-13(9-26)30-12/h5-7,10,12-13H,3-4,8-9H2,1-2H3,(H2,20,21,22). The second-order valence-electron chi connectivity index (χ2n) is 7.59. The van der Waals surface area contributed by atoms with Gasteiger partial charge in [-0.15, -0.1) is 0 Å². The van der Waals surface area contributed by atoms with E-state index >= 15 is 0 Å². The number of hydrogen-bond donors (Lipinski definition) is 1. The number of nitrogens with zero attached hydrogens (tertiary/aromatic N) is 7. The van der Waals surface area contributed by atoms with Crippen LogP contribution in [0, 0.1) is 0 Å². The molecule has 11 heteroatoms. The highest BCUT2D eigenvalue weighted by molar-refractivity contribution is 5.91. The highest BCUT2D eigenvalue weighted by Crippen LogP contribution is 2.32. The van der Waals surface area contributed by atoms with Crippen molar-refractivity contribution in [3.8, 4) is 11.3 Å². The van der Waals surface area contributed by atoms with Gasteiger partial charge in [0.1, 0.15) is 6.04 Å². The van der Waals surface area contributed by atoms with Gasteiger partial charge in [-0.25, -0.2) is 24.4 Å². The Morgan fingerprint density at radius 1 is 1.20 bits per heavy atom.